The lowest BCUT2D eigenvalue weighted by atomic mass is 10.0. The minimum absolute atomic E-state index is 0.0288. The Balaban J connectivity index is 1.47. The first kappa shape index (κ1) is 27.4. The maximum atomic E-state index is 11.8. The lowest BCUT2D eigenvalue weighted by Gasteiger charge is -2.36. The molecular weight excluding hydrogens is 506 g/mol. The molecule has 0 saturated carbocycles. The van der Waals surface area contributed by atoms with Gasteiger partial charge in [0.1, 0.15) is 6.61 Å². The number of aliphatic hydroxyl groups excluding tert-OH is 1. The highest BCUT2D eigenvalue weighted by Gasteiger charge is 2.32. The number of rotatable bonds is 10. The molecule has 1 heterocycles. The molecule has 1 aliphatic heterocycles. The van der Waals surface area contributed by atoms with Crippen LogP contribution in [0.25, 0.3) is 0 Å². The lowest BCUT2D eigenvalue weighted by Crippen LogP contribution is -2.31. The summed E-state index contributed by atoms with van der Waals surface area (Å²) in [6.07, 6.45) is 0.550. The van der Waals surface area contributed by atoms with Crippen LogP contribution in [-0.2, 0) is 20.8 Å². The van der Waals surface area contributed by atoms with E-state index in [4.69, 9.17) is 19.3 Å². The van der Waals surface area contributed by atoms with Gasteiger partial charge in [0.05, 0.1) is 24.4 Å². The molecule has 1 fully saturated rings. The van der Waals surface area contributed by atoms with Crippen molar-refractivity contribution >= 4 is 29.5 Å². The molecule has 3 aromatic rings. The molecule has 1 saturated heterocycles. The molecule has 0 aliphatic carbocycles. The van der Waals surface area contributed by atoms with E-state index in [2.05, 4.69) is 11.9 Å². The highest BCUT2D eigenvalue weighted by molar-refractivity contribution is 7.99. The van der Waals surface area contributed by atoms with Crippen molar-refractivity contribution in [2.24, 2.45) is 0 Å². The number of aromatic carboxylic acids is 1. The zero-order valence-corrected chi connectivity index (χ0v) is 21.4. The molecule has 0 bridgehead atoms. The average Bonchev–Trinajstić information content (AvgIpc) is 2.95. The summed E-state index contributed by atoms with van der Waals surface area (Å²) < 4.78 is 17.6. The van der Waals surface area contributed by atoms with Crippen molar-refractivity contribution in [1.29, 1.82) is 0 Å². The summed E-state index contributed by atoms with van der Waals surface area (Å²) in [6, 6.07) is 21.6. The first-order chi connectivity index (χ1) is 18.4. The van der Waals surface area contributed by atoms with E-state index in [9.17, 15) is 14.7 Å². The van der Waals surface area contributed by atoms with Crippen molar-refractivity contribution in [2.75, 3.05) is 17.7 Å². The summed E-state index contributed by atoms with van der Waals surface area (Å²) in [5.41, 5.74) is 3.43. The molecule has 1 aliphatic rings. The Bertz CT molecular complexity index is 1230. The van der Waals surface area contributed by atoms with Gasteiger partial charge in [-0.3, -0.25) is 5.32 Å². The van der Waals surface area contributed by atoms with Crippen molar-refractivity contribution in [3.8, 4) is 0 Å². The average molecular weight is 536 g/mol. The molecule has 198 valence electrons. The van der Waals surface area contributed by atoms with Crippen LogP contribution in [0.15, 0.2) is 90.3 Å². The predicted octanol–water partition coefficient (Wildman–Crippen LogP) is 5.95. The first-order valence-corrected chi connectivity index (χ1v) is 13.0. The SMILES string of the molecule is C=CCOC(=O)Nc1ccc(C2OC(CSc3ccc(C(=O)O)cc3)CC(c3ccc(CO)cc3)O2)cc1. The maximum Gasteiger partial charge on any atom is 0.411 e. The van der Waals surface area contributed by atoms with Crippen molar-refractivity contribution in [2.45, 2.75) is 36.4 Å². The van der Waals surface area contributed by atoms with Crippen molar-refractivity contribution in [3.63, 3.8) is 0 Å². The maximum absolute atomic E-state index is 11.8. The topological polar surface area (TPSA) is 114 Å². The number of carboxylic acids is 1. The number of amides is 1. The molecule has 3 N–H and O–H groups in total. The molecule has 0 radical (unpaired) electrons. The quantitative estimate of drug-likeness (QED) is 0.216. The number of thioether (sulfide) groups is 1. The van der Waals surface area contributed by atoms with E-state index in [0.29, 0.717) is 17.9 Å². The minimum Gasteiger partial charge on any atom is -0.478 e. The molecule has 38 heavy (non-hydrogen) atoms. The van der Waals surface area contributed by atoms with Gasteiger partial charge >= 0.3 is 12.1 Å². The van der Waals surface area contributed by atoms with Crippen LogP contribution in [0, 0.1) is 0 Å². The fourth-order valence-electron chi connectivity index (χ4n) is 3.92. The number of ether oxygens (including phenoxy) is 3. The van der Waals surface area contributed by atoms with Gasteiger partial charge in [0, 0.05) is 28.3 Å². The Morgan fingerprint density at radius 3 is 2.32 bits per heavy atom. The summed E-state index contributed by atoms with van der Waals surface area (Å²) in [5.74, 6) is -0.311. The third-order valence-corrected chi connectivity index (χ3v) is 7.06. The zero-order valence-electron chi connectivity index (χ0n) is 20.6. The Kier molecular flexibility index (Phi) is 9.56. The van der Waals surface area contributed by atoms with Crippen molar-refractivity contribution in [3.05, 3.63) is 108 Å². The fourth-order valence-corrected chi connectivity index (χ4v) is 4.84. The number of carbonyl (C=O) groups is 2. The molecule has 3 aromatic carbocycles. The second kappa shape index (κ2) is 13.3. The Morgan fingerprint density at radius 1 is 1.00 bits per heavy atom. The molecule has 8 nitrogen and oxygen atoms in total. The number of hydrogen-bond donors (Lipinski definition) is 3. The third kappa shape index (κ3) is 7.45. The van der Waals surface area contributed by atoms with E-state index in [1.165, 1.54) is 6.08 Å². The van der Waals surface area contributed by atoms with Crippen molar-refractivity contribution < 1.29 is 34.0 Å². The third-order valence-electron chi connectivity index (χ3n) is 5.91. The monoisotopic (exact) mass is 535 g/mol. The summed E-state index contributed by atoms with van der Waals surface area (Å²) in [4.78, 5) is 23.9. The number of benzene rings is 3. The summed E-state index contributed by atoms with van der Waals surface area (Å²) in [5, 5.41) is 21.2. The van der Waals surface area contributed by atoms with Crippen LogP contribution in [0.1, 0.15) is 45.9 Å². The number of carboxylic acid groups (broad SMARTS) is 1. The van der Waals surface area contributed by atoms with E-state index in [1.54, 1.807) is 48.2 Å². The van der Waals surface area contributed by atoms with Crippen LogP contribution in [0.3, 0.4) is 0 Å². The molecule has 1 amide bonds. The normalized spacial score (nSPS) is 18.9. The summed E-state index contributed by atoms with van der Waals surface area (Å²) >= 11 is 1.59. The van der Waals surface area contributed by atoms with Gasteiger partial charge in [-0.1, -0.05) is 49.1 Å². The molecule has 4 rings (SSSR count). The van der Waals surface area contributed by atoms with Gasteiger partial charge < -0.3 is 24.4 Å². The summed E-state index contributed by atoms with van der Waals surface area (Å²) in [6.45, 7) is 3.61. The molecular formula is C29H29NO7S. The van der Waals surface area contributed by atoms with Gasteiger partial charge in [-0.15, -0.1) is 11.8 Å². The predicted molar refractivity (Wildman–Crippen MR) is 144 cm³/mol. The smallest absolute Gasteiger partial charge is 0.411 e. The van der Waals surface area contributed by atoms with E-state index in [0.717, 1.165) is 21.6 Å². The number of hydrogen-bond acceptors (Lipinski definition) is 7. The molecule has 0 spiro atoms. The van der Waals surface area contributed by atoms with Crippen LogP contribution in [0.4, 0.5) is 10.5 Å². The van der Waals surface area contributed by atoms with E-state index >= 15 is 0 Å². The van der Waals surface area contributed by atoms with Gasteiger partial charge in [0.2, 0.25) is 0 Å². The van der Waals surface area contributed by atoms with Gasteiger partial charge in [0.25, 0.3) is 0 Å². The second-order valence-corrected chi connectivity index (χ2v) is 9.72. The van der Waals surface area contributed by atoms with E-state index in [1.807, 2.05) is 36.4 Å². The molecule has 0 aromatic heterocycles. The summed E-state index contributed by atoms with van der Waals surface area (Å²) in [7, 11) is 0. The highest BCUT2D eigenvalue weighted by Crippen LogP contribution is 2.39. The minimum atomic E-state index is -0.956. The molecule has 9 heteroatoms. The van der Waals surface area contributed by atoms with Gasteiger partial charge in [-0.25, -0.2) is 9.59 Å². The van der Waals surface area contributed by atoms with Gasteiger partial charge in [0.15, 0.2) is 6.29 Å². The Morgan fingerprint density at radius 2 is 1.68 bits per heavy atom. The standard InChI is InChI=1S/C29H29NO7S/c1-2-15-35-29(34)30-23-11-7-22(8-12-23)28-36-24(18-38-25-13-9-21(10-14-25)27(32)33)16-26(37-28)20-5-3-19(17-31)4-6-20/h2-14,24,26,28,31H,1,15-18H2,(H,30,34)(H,32,33). The lowest BCUT2D eigenvalue weighted by molar-refractivity contribution is -0.245. The number of nitrogens with one attached hydrogen (secondary N) is 1. The van der Waals surface area contributed by atoms with Crippen LogP contribution in [-0.4, -0.2) is 40.7 Å². The first-order valence-electron chi connectivity index (χ1n) is 12.1. The second-order valence-electron chi connectivity index (χ2n) is 8.62. The zero-order chi connectivity index (χ0) is 26.9. The largest absolute Gasteiger partial charge is 0.478 e. The molecule has 3 atom stereocenters. The van der Waals surface area contributed by atoms with Gasteiger partial charge in [-0.2, -0.15) is 0 Å². The van der Waals surface area contributed by atoms with E-state index < -0.39 is 18.4 Å². The van der Waals surface area contributed by atoms with Gasteiger partial charge in [-0.05, 0) is 47.5 Å². The van der Waals surface area contributed by atoms with Crippen LogP contribution in [0.5, 0.6) is 0 Å². The van der Waals surface area contributed by atoms with Crippen molar-refractivity contribution in [1.82, 2.24) is 0 Å². The Labute approximate surface area is 225 Å². The fraction of sp³-hybridized carbons (Fsp3) is 0.241. The van der Waals surface area contributed by atoms with E-state index in [-0.39, 0.29) is 31.0 Å². The Hall–Kier alpha value is -3.63. The van der Waals surface area contributed by atoms with Crippen LogP contribution in [0.2, 0.25) is 0 Å². The number of anilines is 1. The van der Waals surface area contributed by atoms with Crippen LogP contribution < -0.4 is 5.32 Å². The van der Waals surface area contributed by atoms with Crippen LogP contribution >= 0.6 is 11.8 Å². The number of aliphatic hydroxyl groups is 1. The molecule has 3 unspecified atom stereocenters. The highest BCUT2D eigenvalue weighted by atomic mass is 32.2. The number of carbonyl (C=O) groups excluding carboxylic acids is 1.